The van der Waals surface area contributed by atoms with Crippen molar-refractivity contribution in [3.8, 4) is 6.07 Å². The molecule has 1 aliphatic carbocycles. The second-order valence-corrected chi connectivity index (χ2v) is 7.33. The minimum absolute atomic E-state index is 0.0360. The highest BCUT2D eigenvalue weighted by molar-refractivity contribution is 9.10. The van der Waals surface area contributed by atoms with Gasteiger partial charge < -0.3 is 0 Å². The van der Waals surface area contributed by atoms with E-state index in [1.807, 2.05) is 0 Å². The normalized spacial score (nSPS) is 25.9. The summed E-state index contributed by atoms with van der Waals surface area (Å²) in [7, 11) is 0. The molecule has 0 saturated heterocycles. The maximum atomic E-state index is 14.1. The molecule has 0 N–H and O–H groups in total. The molecule has 1 fully saturated rings. The highest BCUT2D eigenvalue weighted by Gasteiger charge is 2.37. The lowest BCUT2D eigenvalue weighted by Gasteiger charge is -2.36. The van der Waals surface area contributed by atoms with Crippen LogP contribution >= 0.6 is 15.9 Å². The molecule has 2 rings (SSSR count). The van der Waals surface area contributed by atoms with Gasteiger partial charge in [-0.3, -0.25) is 0 Å². The van der Waals surface area contributed by atoms with Crippen LogP contribution in [0.15, 0.2) is 16.6 Å². The molecule has 0 atom stereocenters. The number of hydrogen-bond acceptors (Lipinski definition) is 1. The Kier molecular flexibility index (Phi) is 5.03. The van der Waals surface area contributed by atoms with Gasteiger partial charge in [-0.25, -0.2) is 8.78 Å². The van der Waals surface area contributed by atoms with Crippen molar-refractivity contribution < 1.29 is 8.78 Å². The summed E-state index contributed by atoms with van der Waals surface area (Å²) >= 11 is 3.09. The topological polar surface area (TPSA) is 23.8 Å². The highest BCUT2D eigenvalue weighted by atomic mass is 79.9. The Morgan fingerprint density at radius 3 is 2.48 bits per heavy atom. The summed E-state index contributed by atoms with van der Waals surface area (Å²) in [5, 5.41) is 9.57. The molecule has 1 aromatic rings. The minimum Gasteiger partial charge on any atom is -0.207 e. The lowest BCUT2D eigenvalue weighted by molar-refractivity contribution is 0.172. The molecular weight excluding hydrogens is 336 g/mol. The Bertz CT molecular complexity index is 555. The Morgan fingerprint density at radius 1 is 1.33 bits per heavy atom. The highest BCUT2D eigenvalue weighted by Crippen LogP contribution is 2.44. The summed E-state index contributed by atoms with van der Waals surface area (Å²) in [5.41, 5.74) is -0.595. The summed E-state index contributed by atoms with van der Waals surface area (Å²) in [6, 6.07) is 4.97. The van der Waals surface area contributed by atoms with Crippen molar-refractivity contribution in [2.24, 2.45) is 17.3 Å². The van der Waals surface area contributed by atoms with Crippen molar-refractivity contribution in [1.29, 1.82) is 5.26 Å². The molecule has 1 nitrogen and oxygen atoms in total. The summed E-state index contributed by atoms with van der Waals surface area (Å²) in [4.78, 5) is 0. The van der Waals surface area contributed by atoms with Crippen molar-refractivity contribution in [2.75, 3.05) is 0 Å². The van der Waals surface area contributed by atoms with E-state index in [0.29, 0.717) is 11.8 Å². The van der Waals surface area contributed by atoms with E-state index in [-0.39, 0.29) is 16.5 Å². The fourth-order valence-electron chi connectivity index (χ4n) is 3.26. The lowest BCUT2D eigenvalue weighted by atomic mass is 9.66. The third kappa shape index (κ3) is 3.45. The van der Waals surface area contributed by atoms with Gasteiger partial charge in [-0.05, 0) is 72.0 Å². The third-order valence-corrected chi connectivity index (χ3v) is 5.43. The fourth-order valence-corrected chi connectivity index (χ4v) is 3.63. The molecule has 0 bridgehead atoms. The number of nitrogens with zero attached hydrogens (tertiary/aromatic N) is 1. The van der Waals surface area contributed by atoms with E-state index in [4.69, 9.17) is 0 Å². The largest absolute Gasteiger partial charge is 0.207 e. The molecular formula is C17H20BrF2N. The van der Waals surface area contributed by atoms with E-state index < -0.39 is 17.0 Å². The Labute approximate surface area is 133 Å². The molecule has 0 amide bonds. The maximum Gasteiger partial charge on any atom is 0.143 e. The van der Waals surface area contributed by atoms with E-state index in [1.54, 1.807) is 0 Å². The molecule has 21 heavy (non-hydrogen) atoms. The van der Waals surface area contributed by atoms with Gasteiger partial charge in [0.1, 0.15) is 11.6 Å². The zero-order chi connectivity index (χ0) is 15.6. The zero-order valence-electron chi connectivity index (χ0n) is 12.4. The van der Waals surface area contributed by atoms with Crippen LogP contribution < -0.4 is 0 Å². The van der Waals surface area contributed by atoms with Crippen molar-refractivity contribution in [1.82, 2.24) is 0 Å². The Hall–Kier alpha value is -0.950. The first-order valence-electron chi connectivity index (χ1n) is 7.42. The predicted molar refractivity (Wildman–Crippen MR) is 82.6 cm³/mol. The molecule has 1 saturated carbocycles. The summed E-state index contributed by atoms with van der Waals surface area (Å²) in [6.45, 7) is 4.38. The van der Waals surface area contributed by atoms with E-state index in [0.717, 1.165) is 25.7 Å². The zero-order valence-corrected chi connectivity index (χ0v) is 14.0. The van der Waals surface area contributed by atoms with Crippen molar-refractivity contribution >= 4 is 15.9 Å². The maximum absolute atomic E-state index is 14.1. The van der Waals surface area contributed by atoms with Crippen LogP contribution in [0, 0.1) is 40.2 Å². The summed E-state index contributed by atoms with van der Waals surface area (Å²) in [6.07, 6.45) is 3.52. The van der Waals surface area contributed by atoms with Gasteiger partial charge in [0.15, 0.2) is 0 Å². The van der Waals surface area contributed by atoms with Crippen LogP contribution in [-0.4, -0.2) is 0 Å². The smallest absolute Gasteiger partial charge is 0.143 e. The number of nitriles is 1. The molecule has 114 valence electrons. The first-order chi connectivity index (χ1) is 9.88. The van der Waals surface area contributed by atoms with Gasteiger partial charge in [0.05, 0.1) is 16.0 Å². The molecule has 0 spiro atoms. The molecule has 0 aliphatic heterocycles. The molecule has 0 heterocycles. The molecule has 0 aromatic heterocycles. The average Bonchev–Trinajstić information content (AvgIpc) is 2.48. The SMILES string of the molecule is CC(C)C1CCC(C#N)(Cc2c(F)ccc(Br)c2F)CC1. The standard InChI is InChI=1S/C17H20BrF2N/c1-11(2)12-5-7-17(10-21,8-6-12)9-13-15(19)4-3-14(18)16(13)20/h3-4,11-12H,5-9H2,1-2H3. The van der Waals surface area contributed by atoms with Gasteiger partial charge in [0, 0.05) is 5.56 Å². The Morgan fingerprint density at radius 2 is 1.95 bits per heavy atom. The molecule has 1 aliphatic rings. The summed E-state index contributed by atoms with van der Waals surface area (Å²) < 4.78 is 28.3. The average molecular weight is 356 g/mol. The van der Waals surface area contributed by atoms with Crippen LogP contribution in [0.1, 0.15) is 45.1 Å². The molecule has 1 aromatic carbocycles. The third-order valence-electron chi connectivity index (χ3n) is 4.82. The van der Waals surface area contributed by atoms with Gasteiger partial charge in [-0.2, -0.15) is 5.26 Å². The van der Waals surface area contributed by atoms with Crippen molar-refractivity contribution in [2.45, 2.75) is 46.0 Å². The number of rotatable bonds is 3. The van der Waals surface area contributed by atoms with Crippen LogP contribution in [0.4, 0.5) is 8.78 Å². The second-order valence-electron chi connectivity index (χ2n) is 6.47. The Balaban J connectivity index is 2.22. The van der Waals surface area contributed by atoms with E-state index in [2.05, 4.69) is 35.8 Å². The van der Waals surface area contributed by atoms with Crippen LogP contribution in [0.25, 0.3) is 0 Å². The quantitative estimate of drug-likeness (QED) is 0.645. The number of hydrogen-bond donors (Lipinski definition) is 0. The van der Waals surface area contributed by atoms with Crippen LogP contribution in [0.2, 0.25) is 0 Å². The van der Waals surface area contributed by atoms with Crippen LogP contribution in [0.3, 0.4) is 0 Å². The van der Waals surface area contributed by atoms with Gasteiger partial charge in [-0.15, -0.1) is 0 Å². The van der Waals surface area contributed by atoms with Crippen molar-refractivity contribution in [3.05, 3.63) is 33.8 Å². The van der Waals surface area contributed by atoms with Gasteiger partial charge in [-0.1, -0.05) is 13.8 Å². The number of benzene rings is 1. The second kappa shape index (κ2) is 6.44. The molecule has 0 radical (unpaired) electrons. The van der Waals surface area contributed by atoms with Crippen LogP contribution in [-0.2, 0) is 6.42 Å². The van der Waals surface area contributed by atoms with E-state index in [9.17, 15) is 14.0 Å². The van der Waals surface area contributed by atoms with E-state index in [1.165, 1.54) is 12.1 Å². The predicted octanol–water partition coefficient (Wildman–Crippen LogP) is 5.63. The lowest BCUT2D eigenvalue weighted by Crippen LogP contribution is -2.30. The van der Waals surface area contributed by atoms with Gasteiger partial charge >= 0.3 is 0 Å². The fraction of sp³-hybridized carbons (Fsp3) is 0.588. The monoisotopic (exact) mass is 355 g/mol. The first-order valence-corrected chi connectivity index (χ1v) is 8.21. The van der Waals surface area contributed by atoms with Crippen molar-refractivity contribution in [3.63, 3.8) is 0 Å². The van der Waals surface area contributed by atoms with E-state index >= 15 is 0 Å². The molecule has 4 heteroatoms. The van der Waals surface area contributed by atoms with Crippen LogP contribution in [0.5, 0.6) is 0 Å². The molecule has 0 unspecified atom stereocenters. The van der Waals surface area contributed by atoms with Gasteiger partial charge in [0.25, 0.3) is 0 Å². The van der Waals surface area contributed by atoms with Gasteiger partial charge in [0.2, 0.25) is 0 Å². The first kappa shape index (κ1) is 16.4. The number of halogens is 3. The minimum atomic E-state index is -0.631. The summed E-state index contributed by atoms with van der Waals surface area (Å²) in [5.74, 6) is 0.0802.